The summed E-state index contributed by atoms with van der Waals surface area (Å²) in [4.78, 5) is 27.0. The number of carbonyl (C=O) groups excluding carboxylic acids is 1. The zero-order chi connectivity index (χ0) is 15.4. The van der Waals surface area contributed by atoms with E-state index in [4.69, 9.17) is 9.84 Å². The second-order valence-electron chi connectivity index (χ2n) is 4.99. The number of Topliss-reactive ketones (excluding diaryl/α,β-unsaturated/α-hetero) is 1. The SMILES string of the molecule is CC(C)Oc1ccc(C(=O)CCC(=O)O)c2cccnc12. The van der Waals surface area contributed by atoms with Crippen molar-refractivity contribution in [2.24, 2.45) is 0 Å². The maximum atomic E-state index is 12.2. The van der Waals surface area contributed by atoms with Crippen molar-refractivity contribution in [3.8, 4) is 5.75 Å². The number of aromatic nitrogens is 1. The smallest absolute Gasteiger partial charge is 0.303 e. The summed E-state index contributed by atoms with van der Waals surface area (Å²) in [6, 6.07) is 6.92. The second kappa shape index (κ2) is 6.35. The molecule has 5 nitrogen and oxygen atoms in total. The number of hydrogen-bond acceptors (Lipinski definition) is 4. The van der Waals surface area contributed by atoms with E-state index in [2.05, 4.69) is 4.98 Å². The molecule has 21 heavy (non-hydrogen) atoms. The van der Waals surface area contributed by atoms with Gasteiger partial charge in [0.05, 0.1) is 12.5 Å². The van der Waals surface area contributed by atoms with Gasteiger partial charge in [-0.2, -0.15) is 0 Å². The number of rotatable bonds is 6. The molecule has 1 N–H and O–H groups in total. The Hall–Kier alpha value is -2.43. The van der Waals surface area contributed by atoms with Crippen LogP contribution in [-0.4, -0.2) is 27.9 Å². The lowest BCUT2D eigenvalue weighted by Gasteiger charge is -2.13. The molecule has 2 aromatic rings. The lowest BCUT2D eigenvalue weighted by Crippen LogP contribution is -2.08. The number of ether oxygens (including phenoxy) is 1. The van der Waals surface area contributed by atoms with Gasteiger partial charge in [-0.15, -0.1) is 0 Å². The minimum absolute atomic E-state index is 0.00349. The average molecular weight is 287 g/mol. The van der Waals surface area contributed by atoms with Crippen LogP contribution in [0.4, 0.5) is 0 Å². The van der Waals surface area contributed by atoms with Crippen LogP contribution in [0.2, 0.25) is 0 Å². The van der Waals surface area contributed by atoms with Gasteiger partial charge < -0.3 is 9.84 Å². The molecule has 2 rings (SSSR count). The van der Waals surface area contributed by atoms with Crippen molar-refractivity contribution >= 4 is 22.7 Å². The minimum Gasteiger partial charge on any atom is -0.489 e. The number of carboxylic acids is 1. The Morgan fingerprint density at radius 1 is 1.24 bits per heavy atom. The largest absolute Gasteiger partial charge is 0.489 e. The highest BCUT2D eigenvalue weighted by Crippen LogP contribution is 2.28. The Morgan fingerprint density at radius 2 is 2.00 bits per heavy atom. The number of fused-ring (bicyclic) bond motifs is 1. The quantitative estimate of drug-likeness (QED) is 0.826. The molecule has 1 heterocycles. The summed E-state index contributed by atoms with van der Waals surface area (Å²) in [5.74, 6) is -0.563. The van der Waals surface area contributed by atoms with E-state index in [1.54, 1.807) is 30.5 Å². The van der Waals surface area contributed by atoms with E-state index in [0.29, 0.717) is 22.2 Å². The van der Waals surface area contributed by atoms with Crippen molar-refractivity contribution in [1.82, 2.24) is 4.98 Å². The number of carboxylic acid groups (broad SMARTS) is 1. The van der Waals surface area contributed by atoms with Gasteiger partial charge in [0.15, 0.2) is 5.78 Å². The van der Waals surface area contributed by atoms with Crippen molar-refractivity contribution < 1.29 is 19.4 Å². The second-order valence-corrected chi connectivity index (χ2v) is 4.99. The first kappa shape index (κ1) is 15.0. The predicted molar refractivity (Wildman–Crippen MR) is 78.7 cm³/mol. The summed E-state index contributed by atoms with van der Waals surface area (Å²) in [5.41, 5.74) is 1.10. The molecule has 0 saturated carbocycles. The summed E-state index contributed by atoms with van der Waals surface area (Å²) in [7, 11) is 0. The van der Waals surface area contributed by atoms with Crippen LogP contribution in [-0.2, 0) is 4.79 Å². The Labute approximate surface area is 122 Å². The molecule has 0 aliphatic carbocycles. The monoisotopic (exact) mass is 287 g/mol. The first-order chi connectivity index (χ1) is 9.99. The summed E-state index contributed by atoms with van der Waals surface area (Å²) in [5, 5.41) is 9.37. The lowest BCUT2D eigenvalue weighted by molar-refractivity contribution is -0.136. The topological polar surface area (TPSA) is 76.5 Å². The number of ketones is 1. The molecule has 1 aromatic carbocycles. The first-order valence-corrected chi connectivity index (χ1v) is 6.78. The van der Waals surface area contributed by atoms with Crippen molar-refractivity contribution in [3.05, 3.63) is 36.0 Å². The number of pyridine rings is 1. The third-order valence-corrected chi connectivity index (χ3v) is 2.96. The molecule has 0 unspecified atom stereocenters. The van der Waals surface area contributed by atoms with Crippen LogP contribution in [0.5, 0.6) is 5.75 Å². The third kappa shape index (κ3) is 3.56. The highest BCUT2D eigenvalue weighted by molar-refractivity contribution is 6.09. The Kier molecular flexibility index (Phi) is 4.52. The number of hydrogen-bond donors (Lipinski definition) is 1. The highest BCUT2D eigenvalue weighted by Gasteiger charge is 2.15. The molecule has 0 bridgehead atoms. The number of aliphatic carboxylic acids is 1. The Balaban J connectivity index is 2.42. The maximum Gasteiger partial charge on any atom is 0.303 e. The van der Waals surface area contributed by atoms with Gasteiger partial charge in [-0.1, -0.05) is 6.07 Å². The van der Waals surface area contributed by atoms with E-state index in [-0.39, 0.29) is 24.7 Å². The van der Waals surface area contributed by atoms with E-state index in [9.17, 15) is 9.59 Å². The zero-order valence-corrected chi connectivity index (χ0v) is 12.0. The normalized spacial score (nSPS) is 10.8. The first-order valence-electron chi connectivity index (χ1n) is 6.78. The third-order valence-electron chi connectivity index (χ3n) is 2.96. The van der Waals surface area contributed by atoms with Gasteiger partial charge in [0, 0.05) is 23.6 Å². The van der Waals surface area contributed by atoms with Crippen LogP contribution >= 0.6 is 0 Å². The molecule has 0 aliphatic rings. The van der Waals surface area contributed by atoms with Crippen molar-refractivity contribution in [3.63, 3.8) is 0 Å². The molecule has 0 amide bonds. The van der Waals surface area contributed by atoms with Gasteiger partial charge in [0.25, 0.3) is 0 Å². The molecule has 0 spiro atoms. The van der Waals surface area contributed by atoms with Crippen LogP contribution in [0, 0.1) is 0 Å². The number of carbonyl (C=O) groups is 2. The van der Waals surface area contributed by atoms with E-state index in [0.717, 1.165) is 0 Å². The Morgan fingerprint density at radius 3 is 2.67 bits per heavy atom. The molecule has 0 saturated heterocycles. The fourth-order valence-corrected chi connectivity index (χ4v) is 2.09. The summed E-state index contributed by atoms with van der Waals surface area (Å²) in [6.45, 7) is 3.83. The van der Waals surface area contributed by atoms with Crippen LogP contribution in [0.25, 0.3) is 10.9 Å². The zero-order valence-electron chi connectivity index (χ0n) is 12.0. The van der Waals surface area contributed by atoms with Gasteiger partial charge >= 0.3 is 5.97 Å². The van der Waals surface area contributed by atoms with Crippen molar-refractivity contribution in [2.45, 2.75) is 32.8 Å². The molecule has 0 fully saturated rings. The van der Waals surface area contributed by atoms with Crippen LogP contribution < -0.4 is 4.74 Å². The van der Waals surface area contributed by atoms with Crippen molar-refractivity contribution in [1.29, 1.82) is 0 Å². The summed E-state index contributed by atoms with van der Waals surface area (Å²) in [6.07, 6.45) is 1.44. The van der Waals surface area contributed by atoms with E-state index >= 15 is 0 Å². The van der Waals surface area contributed by atoms with E-state index in [1.165, 1.54) is 0 Å². The molecular formula is C16H17NO4. The molecule has 110 valence electrons. The summed E-state index contributed by atoms with van der Waals surface area (Å²) < 4.78 is 5.69. The molecule has 5 heteroatoms. The molecular weight excluding hydrogens is 270 g/mol. The minimum atomic E-state index is -0.981. The maximum absolute atomic E-state index is 12.2. The molecule has 0 radical (unpaired) electrons. The van der Waals surface area contributed by atoms with E-state index < -0.39 is 5.97 Å². The van der Waals surface area contributed by atoms with Gasteiger partial charge in [-0.3, -0.25) is 14.6 Å². The van der Waals surface area contributed by atoms with Gasteiger partial charge in [0.2, 0.25) is 0 Å². The van der Waals surface area contributed by atoms with Crippen LogP contribution in [0.1, 0.15) is 37.0 Å². The van der Waals surface area contributed by atoms with E-state index in [1.807, 2.05) is 13.8 Å². The van der Waals surface area contributed by atoms with Gasteiger partial charge in [0.1, 0.15) is 11.3 Å². The summed E-state index contributed by atoms with van der Waals surface area (Å²) >= 11 is 0. The lowest BCUT2D eigenvalue weighted by atomic mass is 10.0. The van der Waals surface area contributed by atoms with Gasteiger partial charge in [-0.05, 0) is 32.0 Å². The highest BCUT2D eigenvalue weighted by atomic mass is 16.5. The fourth-order valence-electron chi connectivity index (χ4n) is 2.09. The standard InChI is InChI=1S/C16H17NO4/c1-10(2)21-14-7-5-11(13(18)6-8-15(19)20)12-4-3-9-17-16(12)14/h3-5,7,9-10H,6,8H2,1-2H3,(H,19,20). The fraction of sp³-hybridized carbons (Fsp3) is 0.312. The molecule has 0 atom stereocenters. The van der Waals surface area contributed by atoms with Crippen LogP contribution in [0.15, 0.2) is 30.5 Å². The Bertz CT molecular complexity index is 679. The number of benzene rings is 1. The van der Waals surface area contributed by atoms with Crippen molar-refractivity contribution in [2.75, 3.05) is 0 Å². The predicted octanol–water partition coefficient (Wildman–Crippen LogP) is 3.07. The van der Waals surface area contributed by atoms with Crippen LogP contribution in [0.3, 0.4) is 0 Å². The molecule has 1 aromatic heterocycles. The average Bonchev–Trinajstić information content (AvgIpc) is 2.44. The molecule has 0 aliphatic heterocycles. The van der Waals surface area contributed by atoms with Gasteiger partial charge in [-0.25, -0.2) is 0 Å². The number of nitrogens with zero attached hydrogens (tertiary/aromatic N) is 1.